The van der Waals surface area contributed by atoms with Gasteiger partial charge in [0, 0.05) is 18.5 Å². The van der Waals surface area contributed by atoms with Crippen LogP contribution in [0.3, 0.4) is 0 Å². The Bertz CT molecular complexity index is 916. The summed E-state index contributed by atoms with van der Waals surface area (Å²) in [4.78, 5) is 12.7. The maximum Gasteiger partial charge on any atom is 0.297 e. The standard InChI is InChI=1S/C19H19NO4/c1-20-16-11-14(22-2)9-10-15(16)17(23-3)18(19(20)21)24-12-13-7-5-4-6-8-13/h4-11H,12H2,1-3H3. The molecule has 0 N–H and O–H groups in total. The van der Waals surface area contributed by atoms with Crippen LogP contribution in [0.25, 0.3) is 10.9 Å². The summed E-state index contributed by atoms with van der Waals surface area (Å²) in [5.41, 5.74) is 1.46. The molecule has 0 unspecified atom stereocenters. The highest BCUT2D eigenvalue weighted by molar-refractivity contribution is 5.89. The fourth-order valence-electron chi connectivity index (χ4n) is 2.65. The smallest absolute Gasteiger partial charge is 0.297 e. The van der Waals surface area contributed by atoms with E-state index >= 15 is 0 Å². The quantitative estimate of drug-likeness (QED) is 0.723. The molecule has 1 aromatic heterocycles. The lowest BCUT2D eigenvalue weighted by Gasteiger charge is -2.16. The van der Waals surface area contributed by atoms with Gasteiger partial charge in [-0.3, -0.25) is 4.79 Å². The molecule has 5 heteroatoms. The van der Waals surface area contributed by atoms with Crippen LogP contribution in [0, 0.1) is 0 Å². The molecule has 2 aromatic carbocycles. The minimum absolute atomic E-state index is 0.210. The van der Waals surface area contributed by atoms with Crippen LogP contribution in [-0.4, -0.2) is 18.8 Å². The van der Waals surface area contributed by atoms with Gasteiger partial charge in [-0.05, 0) is 17.7 Å². The first-order valence-electron chi connectivity index (χ1n) is 7.57. The highest BCUT2D eigenvalue weighted by atomic mass is 16.5. The Hall–Kier alpha value is -2.95. The molecule has 3 aromatic rings. The average Bonchev–Trinajstić information content (AvgIpc) is 2.64. The van der Waals surface area contributed by atoms with Crippen molar-refractivity contribution in [2.45, 2.75) is 6.61 Å². The third kappa shape index (κ3) is 2.80. The molecule has 0 amide bonds. The van der Waals surface area contributed by atoms with Crippen molar-refractivity contribution in [2.24, 2.45) is 7.05 Å². The first-order chi connectivity index (χ1) is 11.7. The van der Waals surface area contributed by atoms with Crippen molar-refractivity contribution in [2.75, 3.05) is 14.2 Å². The molecule has 3 rings (SSSR count). The van der Waals surface area contributed by atoms with E-state index in [-0.39, 0.29) is 11.3 Å². The number of aryl methyl sites for hydroxylation is 1. The van der Waals surface area contributed by atoms with E-state index in [0.29, 0.717) is 18.1 Å². The number of ether oxygens (including phenoxy) is 3. The molecule has 0 fully saturated rings. The number of methoxy groups -OCH3 is 2. The summed E-state index contributed by atoms with van der Waals surface area (Å²) in [5.74, 6) is 1.32. The van der Waals surface area contributed by atoms with Gasteiger partial charge in [-0.1, -0.05) is 30.3 Å². The molecule has 0 aliphatic carbocycles. The van der Waals surface area contributed by atoms with Crippen LogP contribution in [0.1, 0.15) is 5.56 Å². The maximum atomic E-state index is 12.7. The highest BCUT2D eigenvalue weighted by Crippen LogP contribution is 2.34. The third-order valence-electron chi connectivity index (χ3n) is 3.95. The molecule has 0 aliphatic rings. The second kappa shape index (κ2) is 6.66. The predicted molar refractivity (Wildman–Crippen MR) is 93.1 cm³/mol. The van der Waals surface area contributed by atoms with Gasteiger partial charge in [0.2, 0.25) is 5.75 Å². The fraction of sp³-hybridized carbons (Fsp3) is 0.211. The molecule has 0 aliphatic heterocycles. The summed E-state index contributed by atoms with van der Waals surface area (Å²) in [6.45, 7) is 0.300. The lowest BCUT2D eigenvalue weighted by molar-refractivity contribution is 0.280. The number of aromatic nitrogens is 1. The summed E-state index contributed by atoms with van der Waals surface area (Å²) in [5, 5.41) is 0.795. The first-order valence-corrected chi connectivity index (χ1v) is 7.57. The van der Waals surface area contributed by atoms with Crippen LogP contribution in [0.2, 0.25) is 0 Å². The maximum absolute atomic E-state index is 12.7. The van der Waals surface area contributed by atoms with Gasteiger partial charge in [0.05, 0.1) is 19.7 Å². The van der Waals surface area contributed by atoms with Crippen LogP contribution in [0.15, 0.2) is 53.3 Å². The number of nitrogens with zero attached hydrogens (tertiary/aromatic N) is 1. The van der Waals surface area contributed by atoms with Crippen molar-refractivity contribution in [3.63, 3.8) is 0 Å². The van der Waals surface area contributed by atoms with Crippen LogP contribution in [0.5, 0.6) is 17.2 Å². The zero-order valence-electron chi connectivity index (χ0n) is 13.9. The Morgan fingerprint density at radius 1 is 0.958 bits per heavy atom. The van der Waals surface area contributed by atoms with E-state index in [1.807, 2.05) is 42.5 Å². The van der Waals surface area contributed by atoms with Crippen molar-refractivity contribution >= 4 is 10.9 Å². The molecule has 0 radical (unpaired) electrons. The SMILES string of the molecule is COc1ccc2c(OC)c(OCc3ccccc3)c(=O)n(C)c2c1. The van der Waals surface area contributed by atoms with Crippen molar-refractivity contribution in [3.05, 3.63) is 64.4 Å². The monoisotopic (exact) mass is 325 g/mol. The number of hydrogen-bond acceptors (Lipinski definition) is 4. The number of hydrogen-bond donors (Lipinski definition) is 0. The van der Waals surface area contributed by atoms with Crippen molar-refractivity contribution in [3.8, 4) is 17.2 Å². The molecule has 1 heterocycles. The van der Waals surface area contributed by atoms with E-state index in [2.05, 4.69) is 0 Å². The molecule has 0 saturated carbocycles. The Kier molecular flexibility index (Phi) is 4.42. The van der Waals surface area contributed by atoms with Gasteiger partial charge >= 0.3 is 0 Å². The largest absolute Gasteiger partial charge is 0.497 e. The Morgan fingerprint density at radius 3 is 2.38 bits per heavy atom. The zero-order chi connectivity index (χ0) is 17.1. The lowest BCUT2D eigenvalue weighted by atomic mass is 10.1. The van der Waals surface area contributed by atoms with Crippen molar-refractivity contribution in [1.29, 1.82) is 0 Å². The average molecular weight is 325 g/mol. The molecule has 0 saturated heterocycles. The summed E-state index contributed by atoms with van der Waals surface area (Å²) in [6, 6.07) is 15.2. The van der Waals surface area contributed by atoms with E-state index in [0.717, 1.165) is 16.5 Å². The second-order valence-corrected chi connectivity index (χ2v) is 5.38. The van der Waals surface area contributed by atoms with E-state index in [9.17, 15) is 4.79 Å². The molecule has 0 bridgehead atoms. The highest BCUT2D eigenvalue weighted by Gasteiger charge is 2.18. The summed E-state index contributed by atoms with van der Waals surface area (Å²) < 4.78 is 18.1. The fourth-order valence-corrected chi connectivity index (χ4v) is 2.65. The van der Waals surface area contributed by atoms with Crippen LogP contribution in [0.4, 0.5) is 0 Å². The van der Waals surface area contributed by atoms with E-state index in [4.69, 9.17) is 14.2 Å². The lowest BCUT2D eigenvalue weighted by Crippen LogP contribution is -2.20. The van der Waals surface area contributed by atoms with Gasteiger partial charge in [-0.2, -0.15) is 0 Å². The van der Waals surface area contributed by atoms with Crippen LogP contribution >= 0.6 is 0 Å². The normalized spacial score (nSPS) is 10.6. The number of pyridine rings is 1. The zero-order valence-corrected chi connectivity index (χ0v) is 13.9. The van der Waals surface area contributed by atoms with Gasteiger partial charge in [0.1, 0.15) is 12.4 Å². The predicted octanol–water partition coefficient (Wildman–Crippen LogP) is 3.13. The van der Waals surface area contributed by atoms with E-state index in [1.165, 1.54) is 7.11 Å². The molecule has 24 heavy (non-hydrogen) atoms. The van der Waals surface area contributed by atoms with E-state index in [1.54, 1.807) is 24.8 Å². The van der Waals surface area contributed by atoms with Gasteiger partial charge in [0.25, 0.3) is 5.56 Å². The van der Waals surface area contributed by atoms with Crippen LogP contribution < -0.4 is 19.8 Å². The second-order valence-electron chi connectivity index (χ2n) is 5.38. The van der Waals surface area contributed by atoms with Gasteiger partial charge in [-0.15, -0.1) is 0 Å². The van der Waals surface area contributed by atoms with Crippen molar-refractivity contribution in [1.82, 2.24) is 4.57 Å². The molecule has 124 valence electrons. The molecular weight excluding hydrogens is 306 g/mol. The summed E-state index contributed by atoms with van der Waals surface area (Å²) in [6.07, 6.45) is 0. The van der Waals surface area contributed by atoms with Gasteiger partial charge < -0.3 is 18.8 Å². The topological polar surface area (TPSA) is 49.7 Å². The molecule has 5 nitrogen and oxygen atoms in total. The first kappa shape index (κ1) is 15.9. The van der Waals surface area contributed by atoms with E-state index < -0.39 is 0 Å². The number of benzene rings is 2. The minimum atomic E-state index is -0.247. The molecular formula is C19H19NO4. The molecule has 0 spiro atoms. The summed E-state index contributed by atoms with van der Waals surface area (Å²) in [7, 11) is 4.83. The number of fused-ring (bicyclic) bond motifs is 1. The van der Waals surface area contributed by atoms with Crippen LogP contribution in [-0.2, 0) is 13.7 Å². The van der Waals surface area contributed by atoms with Crippen molar-refractivity contribution < 1.29 is 14.2 Å². The third-order valence-corrected chi connectivity index (χ3v) is 3.95. The minimum Gasteiger partial charge on any atom is -0.497 e. The Morgan fingerprint density at radius 2 is 1.71 bits per heavy atom. The Labute approximate surface area is 140 Å². The van der Waals surface area contributed by atoms with Gasteiger partial charge in [-0.25, -0.2) is 0 Å². The number of rotatable bonds is 5. The molecule has 0 atom stereocenters. The summed E-state index contributed by atoms with van der Waals surface area (Å²) >= 11 is 0. The van der Waals surface area contributed by atoms with Gasteiger partial charge in [0.15, 0.2) is 5.75 Å². The Balaban J connectivity index is 2.10.